The van der Waals surface area contributed by atoms with Crippen LogP contribution in [0.1, 0.15) is 30.4 Å². The van der Waals surface area contributed by atoms with Crippen molar-refractivity contribution in [3.05, 3.63) is 29.3 Å². The minimum atomic E-state index is 0.490. The summed E-state index contributed by atoms with van der Waals surface area (Å²) in [6.07, 6.45) is 4.10. The first-order valence-corrected chi connectivity index (χ1v) is 6.61. The number of nitrogens with two attached hydrogens (primary N) is 1. The van der Waals surface area contributed by atoms with E-state index in [0.29, 0.717) is 4.99 Å². The maximum Gasteiger partial charge on any atom is 0.106 e. The van der Waals surface area contributed by atoms with Crippen LogP contribution in [0.25, 0.3) is 0 Å². The zero-order valence-electron chi connectivity index (χ0n) is 10.6. The molecule has 1 aliphatic carbocycles. The Labute approximate surface area is 109 Å². The molecule has 1 aromatic rings. The summed E-state index contributed by atoms with van der Waals surface area (Å²) in [6, 6.07) is 6.15. The fourth-order valence-corrected chi connectivity index (χ4v) is 2.68. The second-order valence-electron chi connectivity index (χ2n) is 5.01. The van der Waals surface area contributed by atoms with Gasteiger partial charge in [-0.1, -0.05) is 30.8 Å². The summed E-state index contributed by atoms with van der Waals surface area (Å²) in [5, 5.41) is 0. The molecule has 1 fully saturated rings. The number of hydrogen-bond acceptors (Lipinski definition) is 2. The molecular weight excluding hydrogens is 228 g/mol. The van der Waals surface area contributed by atoms with E-state index in [2.05, 4.69) is 24.9 Å². The van der Waals surface area contributed by atoms with Gasteiger partial charge in [-0.3, -0.25) is 0 Å². The van der Waals surface area contributed by atoms with E-state index in [0.717, 1.165) is 18.0 Å². The van der Waals surface area contributed by atoms with Gasteiger partial charge < -0.3 is 10.6 Å². The topological polar surface area (TPSA) is 29.3 Å². The van der Waals surface area contributed by atoms with E-state index < -0.39 is 0 Å². The molecule has 0 aromatic heterocycles. The summed E-state index contributed by atoms with van der Waals surface area (Å²) >= 11 is 5.14. The standard InChI is InChI=1S/C14H20N2S/c1-10-5-3-8-12(14(15)17)13(10)16(2)9-11-6-4-7-11/h3,5,8,11H,4,6-7,9H2,1-2H3,(H2,15,17). The Morgan fingerprint density at radius 3 is 2.71 bits per heavy atom. The maximum absolute atomic E-state index is 5.80. The van der Waals surface area contributed by atoms with Crippen molar-refractivity contribution in [3.8, 4) is 0 Å². The number of hydrogen-bond donors (Lipinski definition) is 1. The molecule has 2 rings (SSSR count). The molecule has 0 radical (unpaired) electrons. The number of para-hydroxylation sites is 1. The van der Waals surface area contributed by atoms with Crippen molar-refractivity contribution >= 4 is 22.9 Å². The van der Waals surface area contributed by atoms with Gasteiger partial charge in [-0.05, 0) is 37.3 Å². The van der Waals surface area contributed by atoms with Crippen LogP contribution in [0, 0.1) is 12.8 Å². The lowest BCUT2D eigenvalue weighted by atomic mass is 9.85. The van der Waals surface area contributed by atoms with Crippen molar-refractivity contribution in [3.63, 3.8) is 0 Å². The van der Waals surface area contributed by atoms with Gasteiger partial charge in [0.05, 0.1) is 0 Å². The normalized spacial score (nSPS) is 15.4. The lowest BCUT2D eigenvalue weighted by Gasteiger charge is -2.33. The molecule has 1 aromatic carbocycles. The van der Waals surface area contributed by atoms with Crippen LogP contribution in [0.5, 0.6) is 0 Å². The zero-order valence-corrected chi connectivity index (χ0v) is 11.4. The molecule has 3 heteroatoms. The highest BCUT2D eigenvalue weighted by atomic mass is 32.1. The van der Waals surface area contributed by atoms with Gasteiger partial charge in [-0.2, -0.15) is 0 Å². The Bertz CT molecular complexity index is 424. The highest BCUT2D eigenvalue weighted by Crippen LogP contribution is 2.31. The molecule has 0 spiro atoms. The van der Waals surface area contributed by atoms with E-state index in [9.17, 15) is 0 Å². The molecule has 0 heterocycles. The molecule has 17 heavy (non-hydrogen) atoms. The Kier molecular flexibility index (Phi) is 3.67. The zero-order chi connectivity index (χ0) is 12.4. The summed E-state index contributed by atoms with van der Waals surface area (Å²) in [5.74, 6) is 0.846. The van der Waals surface area contributed by atoms with Gasteiger partial charge in [0.25, 0.3) is 0 Å². The van der Waals surface area contributed by atoms with E-state index in [-0.39, 0.29) is 0 Å². The van der Waals surface area contributed by atoms with Crippen molar-refractivity contribution < 1.29 is 0 Å². The number of benzene rings is 1. The van der Waals surface area contributed by atoms with Crippen molar-refractivity contribution in [1.29, 1.82) is 0 Å². The van der Waals surface area contributed by atoms with Gasteiger partial charge >= 0.3 is 0 Å². The Morgan fingerprint density at radius 1 is 1.47 bits per heavy atom. The first-order valence-electron chi connectivity index (χ1n) is 6.20. The molecule has 2 nitrogen and oxygen atoms in total. The van der Waals surface area contributed by atoms with Crippen molar-refractivity contribution in [2.24, 2.45) is 11.7 Å². The van der Waals surface area contributed by atoms with Gasteiger partial charge in [0.2, 0.25) is 0 Å². The SMILES string of the molecule is Cc1cccc(C(N)=S)c1N(C)CC1CCC1. The van der Waals surface area contributed by atoms with Gasteiger partial charge in [-0.25, -0.2) is 0 Å². The summed E-state index contributed by atoms with van der Waals surface area (Å²) in [4.78, 5) is 2.80. The van der Waals surface area contributed by atoms with Gasteiger partial charge in [0.1, 0.15) is 4.99 Å². The van der Waals surface area contributed by atoms with Crippen molar-refractivity contribution in [1.82, 2.24) is 0 Å². The first kappa shape index (κ1) is 12.4. The second-order valence-corrected chi connectivity index (χ2v) is 5.45. The molecule has 0 unspecified atom stereocenters. The highest BCUT2D eigenvalue weighted by Gasteiger charge is 2.21. The third-order valence-corrected chi connectivity index (χ3v) is 3.86. The van der Waals surface area contributed by atoms with E-state index in [1.165, 1.54) is 30.5 Å². The van der Waals surface area contributed by atoms with E-state index in [1.54, 1.807) is 0 Å². The molecule has 0 atom stereocenters. The molecule has 92 valence electrons. The number of aryl methyl sites for hydroxylation is 1. The fourth-order valence-electron chi connectivity index (χ4n) is 2.52. The highest BCUT2D eigenvalue weighted by molar-refractivity contribution is 7.80. The van der Waals surface area contributed by atoms with Crippen LogP contribution in [0.3, 0.4) is 0 Å². The smallest absolute Gasteiger partial charge is 0.106 e. The van der Waals surface area contributed by atoms with Crippen LogP contribution >= 0.6 is 12.2 Å². The average molecular weight is 248 g/mol. The largest absolute Gasteiger partial charge is 0.389 e. The lowest BCUT2D eigenvalue weighted by molar-refractivity contribution is 0.321. The van der Waals surface area contributed by atoms with E-state index in [4.69, 9.17) is 18.0 Å². The van der Waals surface area contributed by atoms with Gasteiger partial charge in [-0.15, -0.1) is 0 Å². The van der Waals surface area contributed by atoms with E-state index in [1.807, 2.05) is 12.1 Å². The first-order chi connectivity index (χ1) is 8.09. The monoisotopic (exact) mass is 248 g/mol. The lowest BCUT2D eigenvalue weighted by Crippen LogP contribution is -2.31. The maximum atomic E-state index is 5.80. The molecular formula is C14H20N2S. The van der Waals surface area contributed by atoms with Crippen molar-refractivity contribution in [2.45, 2.75) is 26.2 Å². The summed E-state index contributed by atoms with van der Waals surface area (Å²) < 4.78 is 0. The molecule has 1 aliphatic rings. The summed E-state index contributed by atoms with van der Waals surface area (Å²) in [5.41, 5.74) is 9.25. The fraction of sp³-hybridized carbons (Fsp3) is 0.500. The van der Waals surface area contributed by atoms with Crippen LogP contribution in [-0.4, -0.2) is 18.6 Å². The van der Waals surface area contributed by atoms with Crippen LogP contribution in [0.4, 0.5) is 5.69 Å². The van der Waals surface area contributed by atoms with Crippen LogP contribution in [0.15, 0.2) is 18.2 Å². The second kappa shape index (κ2) is 5.05. The number of thiocarbonyl (C=S) groups is 1. The minimum absolute atomic E-state index is 0.490. The van der Waals surface area contributed by atoms with Crippen LogP contribution in [-0.2, 0) is 0 Å². The predicted molar refractivity (Wildman–Crippen MR) is 77.7 cm³/mol. The van der Waals surface area contributed by atoms with Gasteiger partial charge in [0.15, 0.2) is 0 Å². The minimum Gasteiger partial charge on any atom is -0.389 e. The van der Waals surface area contributed by atoms with Gasteiger partial charge in [0, 0.05) is 24.8 Å². The Hall–Kier alpha value is -1.09. The molecule has 0 bridgehead atoms. The summed E-state index contributed by atoms with van der Waals surface area (Å²) in [7, 11) is 2.14. The third kappa shape index (κ3) is 2.60. The number of nitrogens with zero attached hydrogens (tertiary/aromatic N) is 1. The predicted octanol–water partition coefficient (Wildman–Crippen LogP) is 2.87. The van der Waals surface area contributed by atoms with Crippen LogP contribution in [0.2, 0.25) is 0 Å². The van der Waals surface area contributed by atoms with Crippen molar-refractivity contribution in [2.75, 3.05) is 18.5 Å². The van der Waals surface area contributed by atoms with Crippen LogP contribution < -0.4 is 10.6 Å². The molecule has 0 saturated heterocycles. The molecule has 0 aliphatic heterocycles. The number of rotatable bonds is 4. The summed E-state index contributed by atoms with van der Waals surface area (Å²) in [6.45, 7) is 3.23. The Morgan fingerprint density at radius 2 is 2.18 bits per heavy atom. The van der Waals surface area contributed by atoms with E-state index >= 15 is 0 Å². The number of anilines is 1. The molecule has 2 N–H and O–H groups in total. The Balaban J connectivity index is 2.25. The third-order valence-electron chi connectivity index (χ3n) is 3.64. The molecule has 1 saturated carbocycles. The quantitative estimate of drug-likeness (QED) is 0.831. The molecule has 0 amide bonds. The average Bonchev–Trinajstić information content (AvgIpc) is 2.22.